The van der Waals surface area contributed by atoms with Gasteiger partial charge in [-0.2, -0.15) is 0 Å². The fourth-order valence-electron chi connectivity index (χ4n) is 5.57. The van der Waals surface area contributed by atoms with Gasteiger partial charge in [0.05, 0.1) is 28.3 Å². The fourth-order valence-corrected chi connectivity index (χ4v) is 5.81. The predicted molar refractivity (Wildman–Crippen MR) is 156 cm³/mol. The molecule has 0 aliphatic heterocycles. The van der Waals surface area contributed by atoms with Gasteiger partial charge < -0.3 is 20.2 Å². The molecule has 1 aliphatic carbocycles. The van der Waals surface area contributed by atoms with E-state index in [1.165, 1.54) is 0 Å². The van der Waals surface area contributed by atoms with E-state index < -0.39 is 52.1 Å². The third-order valence-corrected chi connectivity index (χ3v) is 7.85. The quantitative estimate of drug-likeness (QED) is 0.207. The average Bonchev–Trinajstić information content (AvgIpc) is 2.99. The molecule has 212 valence electrons. The molecule has 4 aromatic carbocycles. The number of halogens is 1. The van der Waals surface area contributed by atoms with E-state index in [9.17, 15) is 34.5 Å². The maximum absolute atomic E-state index is 14.3. The third-order valence-electron chi connectivity index (χ3n) is 7.52. The number of aryl methyl sites for hydroxylation is 1. The summed E-state index contributed by atoms with van der Waals surface area (Å²) < 4.78 is 0. The molecule has 0 spiro atoms. The number of carboxylic acids is 3. The molecule has 1 atom stereocenters. The van der Waals surface area contributed by atoms with E-state index in [4.69, 9.17) is 11.6 Å². The van der Waals surface area contributed by atoms with Crippen molar-refractivity contribution in [2.45, 2.75) is 31.8 Å². The van der Waals surface area contributed by atoms with Crippen molar-refractivity contribution >= 4 is 35.4 Å². The van der Waals surface area contributed by atoms with Crippen LogP contribution in [-0.2, 0) is 13.0 Å². The smallest absolute Gasteiger partial charge is 0.336 e. The van der Waals surface area contributed by atoms with Gasteiger partial charge >= 0.3 is 17.9 Å². The molecule has 1 amide bonds. The summed E-state index contributed by atoms with van der Waals surface area (Å²) in [6.45, 7) is 0.0816. The van der Waals surface area contributed by atoms with Gasteiger partial charge in [0.1, 0.15) is 0 Å². The van der Waals surface area contributed by atoms with Gasteiger partial charge in [-0.25, -0.2) is 14.4 Å². The van der Waals surface area contributed by atoms with Gasteiger partial charge in [0.2, 0.25) is 0 Å². The molecule has 3 N–H and O–H groups in total. The normalized spacial score (nSPS) is 14.1. The molecule has 8 nitrogen and oxygen atoms in total. The number of carbonyl (C=O) groups excluding carboxylic acids is 1. The minimum Gasteiger partial charge on any atom is -0.478 e. The summed E-state index contributed by atoms with van der Waals surface area (Å²) in [6.07, 6.45) is 2.22. The summed E-state index contributed by atoms with van der Waals surface area (Å²) in [6, 6.07) is 23.8. The highest BCUT2D eigenvalue weighted by molar-refractivity contribution is 6.33. The number of amides is 1. The number of nitrogens with zero attached hydrogens (tertiary/aromatic N) is 1. The molecule has 0 bridgehead atoms. The molecular weight excluding hydrogens is 558 g/mol. The summed E-state index contributed by atoms with van der Waals surface area (Å²) in [7, 11) is 0. The Morgan fingerprint density at radius 3 is 2.05 bits per heavy atom. The van der Waals surface area contributed by atoms with E-state index in [1.54, 1.807) is 11.0 Å². The van der Waals surface area contributed by atoms with E-state index in [0.29, 0.717) is 11.4 Å². The van der Waals surface area contributed by atoms with Gasteiger partial charge in [-0.1, -0.05) is 72.3 Å². The van der Waals surface area contributed by atoms with Crippen molar-refractivity contribution in [2.75, 3.05) is 0 Å². The summed E-state index contributed by atoms with van der Waals surface area (Å²) in [5, 5.41) is 29.8. The zero-order chi connectivity index (χ0) is 30.0. The molecule has 5 rings (SSSR count). The molecule has 4 aromatic rings. The Morgan fingerprint density at radius 2 is 1.36 bits per heavy atom. The highest BCUT2D eigenvalue weighted by atomic mass is 35.5. The van der Waals surface area contributed by atoms with Crippen LogP contribution in [0.4, 0.5) is 0 Å². The van der Waals surface area contributed by atoms with Gasteiger partial charge in [0, 0.05) is 17.1 Å². The van der Waals surface area contributed by atoms with E-state index in [1.807, 2.05) is 66.7 Å². The first-order valence-corrected chi connectivity index (χ1v) is 13.6. The van der Waals surface area contributed by atoms with Crippen molar-refractivity contribution in [1.82, 2.24) is 4.90 Å². The van der Waals surface area contributed by atoms with Crippen LogP contribution >= 0.6 is 11.6 Å². The number of carbonyl (C=O) groups is 4. The van der Waals surface area contributed by atoms with Crippen LogP contribution in [-0.4, -0.2) is 44.0 Å². The van der Waals surface area contributed by atoms with Crippen molar-refractivity contribution in [3.63, 3.8) is 0 Å². The molecule has 42 heavy (non-hydrogen) atoms. The lowest BCUT2D eigenvalue weighted by Crippen LogP contribution is -2.37. The largest absolute Gasteiger partial charge is 0.478 e. The number of hydrogen-bond acceptors (Lipinski definition) is 4. The van der Waals surface area contributed by atoms with Crippen LogP contribution < -0.4 is 0 Å². The lowest BCUT2D eigenvalue weighted by molar-refractivity contribution is 0.0611. The predicted octanol–water partition coefficient (Wildman–Crippen LogP) is 6.82. The van der Waals surface area contributed by atoms with Gasteiger partial charge in [-0.05, 0) is 65.8 Å². The van der Waals surface area contributed by atoms with Crippen molar-refractivity contribution in [3.05, 3.63) is 129 Å². The number of rotatable bonds is 8. The molecule has 0 unspecified atom stereocenters. The Balaban J connectivity index is 1.65. The van der Waals surface area contributed by atoms with Crippen LogP contribution in [0, 0.1) is 0 Å². The SMILES string of the molecule is O=C(O)c1cc(C(=O)O)c(C(=O)N(Cc2cccc(-c3ccccc3Cl)c2)[C@H]2CCCc3ccccc32)cc1C(=O)O. The van der Waals surface area contributed by atoms with Crippen molar-refractivity contribution < 1.29 is 34.5 Å². The monoisotopic (exact) mass is 583 g/mol. The maximum atomic E-state index is 14.3. The first kappa shape index (κ1) is 28.6. The molecule has 0 aromatic heterocycles. The Labute approximate surface area is 246 Å². The average molecular weight is 584 g/mol. The fraction of sp³-hybridized carbons (Fsp3) is 0.152. The maximum Gasteiger partial charge on any atom is 0.336 e. The third kappa shape index (κ3) is 5.62. The Morgan fingerprint density at radius 1 is 0.738 bits per heavy atom. The number of hydrogen-bond donors (Lipinski definition) is 3. The minimum absolute atomic E-state index is 0.0816. The lowest BCUT2D eigenvalue weighted by Gasteiger charge is -2.36. The number of fused-ring (bicyclic) bond motifs is 1. The molecule has 9 heteroatoms. The lowest BCUT2D eigenvalue weighted by atomic mass is 9.86. The van der Waals surface area contributed by atoms with E-state index in [-0.39, 0.29) is 6.54 Å². The number of benzene rings is 4. The van der Waals surface area contributed by atoms with Crippen LogP contribution in [0.2, 0.25) is 5.02 Å². The standard InChI is InChI=1S/C33H26ClNO7/c34-28-13-4-3-11-22(28)21-10-5-7-19(15-21)18-35(29-14-6-9-20-8-1-2-12-23(20)29)30(36)24-16-26(32(39)40)27(33(41)42)17-25(24)31(37)38/h1-5,7-8,10-13,15-17,29H,6,9,14,18H2,(H,37,38)(H,39,40)(H,41,42)/t29-/m0/s1. The molecule has 0 heterocycles. The number of aromatic carboxylic acids is 3. The summed E-state index contributed by atoms with van der Waals surface area (Å²) in [4.78, 5) is 51.9. The summed E-state index contributed by atoms with van der Waals surface area (Å²) >= 11 is 6.44. The van der Waals surface area contributed by atoms with E-state index >= 15 is 0 Å². The van der Waals surface area contributed by atoms with Crippen molar-refractivity contribution in [1.29, 1.82) is 0 Å². The minimum atomic E-state index is -1.61. The van der Waals surface area contributed by atoms with Gasteiger partial charge in [0.25, 0.3) is 5.91 Å². The highest BCUT2D eigenvalue weighted by Gasteiger charge is 2.33. The molecule has 1 aliphatic rings. The van der Waals surface area contributed by atoms with Gasteiger partial charge in [-0.3, -0.25) is 4.79 Å². The topological polar surface area (TPSA) is 132 Å². The molecule has 0 saturated carbocycles. The molecule has 0 radical (unpaired) electrons. The highest BCUT2D eigenvalue weighted by Crippen LogP contribution is 2.37. The van der Waals surface area contributed by atoms with Crippen LogP contribution in [0.15, 0.2) is 84.9 Å². The van der Waals surface area contributed by atoms with Gasteiger partial charge in [0.15, 0.2) is 0 Å². The summed E-state index contributed by atoms with van der Waals surface area (Å²) in [5.74, 6) is -5.44. The zero-order valence-electron chi connectivity index (χ0n) is 22.3. The van der Waals surface area contributed by atoms with Crippen LogP contribution in [0.3, 0.4) is 0 Å². The second-order valence-corrected chi connectivity index (χ2v) is 10.5. The number of carboxylic acid groups (broad SMARTS) is 3. The van der Waals surface area contributed by atoms with E-state index in [2.05, 4.69) is 0 Å². The van der Waals surface area contributed by atoms with Crippen LogP contribution in [0.1, 0.15) is 77.0 Å². The summed E-state index contributed by atoms with van der Waals surface area (Å²) in [5.41, 5.74) is 2.04. The molecule has 0 saturated heterocycles. The van der Waals surface area contributed by atoms with E-state index in [0.717, 1.165) is 52.8 Å². The molecule has 0 fully saturated rings. The molecular formula is C33H26ClNO7. The second kappa shape index (κ2) is 11.9. The Bertz CT molecular complexity index is 1730. The van der Waals surface area contributed by atoms with Crippen molar-refractivity contribution in [3.8, 4) is 11.1 Å². The zero-order valence-corrected chi connectivity index (χ0v) is 23.0. The van der Waals surface area contributed by atoms with Gasteiger partial charge in [-0.15, -0.1) is 0 Å². The Hall–Kier alpha value is -4.95. The van der Waals surface area contributed by atoms with Crippen molar-refractivity contribution in [2.24, 2.45) is 0 Å². The van der Waals surface area contributed by atoms with Crippen LogP contribution in [0.25, 0.3) is 11.1 Å². The Kier molecular flexibility index (Phi) is 8.08. The second-order valence-electron chi connectivity index (χ2n) is 10.1. The van der Waals surface area contributed by atoms with Crippen LogP contribution in [0.5, 0.6) is 0 Å². The first-order chi connectivity index (χ1) is 20.2. The first-order valence-electron chi connectivity index (χ1n) is 13.3.